The van der Waals surface area contributed by atoms with E-state index in [1.807, 2.05) is 0 Å². The number of rotatable bonds is 5. The molecule has 2 rings (SSSR count). The van der Waals surface area contributed by atoms with E-state index in [4.69, 9.17) is 5.14 Å². The zero-order valence-corrected chi connectivity index (χ0v) is 14.6. The number of nitrogens with one attached hydrogen (secondary N) is 1. The van der Waals surface area contributed by atoms with Crippen LogP contribution in [0, 0.1) is 5.82 Å². The molecule has 0 aliphatic carbocycles. The standard InChI is InChI=1S/C15H15FN3O2SSe/c16-13-3-1-2-4-14(13)19-15(23)18-10-9-11-5-7-12(8-6-11)22(17,20)21/h1-8H,9-10H2,(H,18,19)(H2,17,20,21). The molecule has 3 N–H and O–H groups in total. The molecule has 0 spiro atoms. The van der Waals surface area contributed by atoms with Crippen molar-refractivity contribution < 1.29 is 12.8 Å². The van der Waals surface area contributed by atoms with E-state index in [1.54, 1.807) is 30.3 Å². The van der Waals surface area contributed by atoms with E-state index in [-0.39, 0.29) is 10.7 Å². The van der Waals surface area contributed by atoms with E-state index in [1.165, 1.54) is 18.2 Å². The number of benzene rings is 2. The van der Waals surface area contributed by atoms with Crippen LogP contribution < -0.4 is 10.5 Å². The first-order valence-corrected chi connectivity index (χ1v) is 9.11. The van der Waals surface area contributed by atoms with Gasteiger partial charge in [-0.05, 0) is 0 Å². The average Bonchev–Trinajstić information content (AvgIpc) is 2.49. The monoisotopic (exact) mass is 400 g/mol. The molecule has 0 unspecified atom stereocenters. The summed E-state index contributed by atoms with van der Waals surface area (Å²) in [5.74, 6) is -0.353. The Bertz CT molecular complexity index is 808. The normalized spacial score (nSPS) is 12.2. The minimum atomic E-state index is -3.67. The number of halogens is 1. The number of anilines is 1. The van der Waals surface area contributed by atoms with Gasteiger partial charge in [-0.25, -0.2) is 0 Å². The summed E-state index contributed by atoms with van der Waals surface area (Å²) in [7, 11) is -3.67. The van der Waals surface area contributed by atoms with Crippen LogP contribution in [0.3, 0.4) is 0 Å². The Morgan fingerprint density at radius 1 is 1.17 bits per heavy atom. The molecule has 121 valence electrons. The zero-order valence-electron chi connectivity index (χ0n) is 12.1. The SMILES string of the molecule is NS(=O)(=O)c1ccc(CCN=C([Se])Nc2ccccc2F)cc1. The van der Waals surface area contributed by atoms with Gasteiger partial charge in [0.1, 0.15) is 0 Å². The van der Waals surface area contributed by atoms with Gasteiger partial charge in [-0.2, -0.15) is 0 Å². The van der Waals surface area contributed by atoms with Crippen LogP contribution in [0.4, 0.5) is 10.1 Å². The van der Waals surface area contributed by atoms with E-state index in [0.717, 1.165) is 5.56 Å². The summed E-state index contributed by atoms with van der Waals surface area (Å²) >= 11 is 2.74. The van der Waals surface area contributed by atoms with Crippen LogP contribution in [0.15, 0.2) is 58.4 Å². The van der Waals surface area contributed by atoms with Crippen molar-refractivity contribution in [3.05, 3.63) is 59.9 Å². The molecule has 1 radical (unpaired) electrons. The Morgan fingerprint density at radius 3 is 2.43 bits per heavy atom. The third-order valence-electron chi connectivity index (χ3n) is 3.02. The summed E-state index contributed by atoms with van der Waals surface area (Å²) < 4.78 is 36.3. The van der Waals surface area contributed by atoms with E-state index in [9.17, 15) is 12.8 Å². The Balaban J connectivity index is 1.92. The second kappa shape index (κ2) is 7.70. The number of nitrogens with two attached hydrogens (primary N) is 1. The van der Waals surface area contributed by atoms with Crippen LogP contribution in [0.25, 0.3) is 0 Å². The molecular formula is C15H15FN3O2SSe. The summed E-state index contributed by atoms with van der Waals surface area (Å²) in [5, 5.41) is 7.89. The molecule has 0 bridgehead atoms. The minimum absolute atomic E-state index is 0.0792. The number of hydrogen-bond donors (Lipinski definition) is 2. The van der Waals surface area contributed by atoms with Gasteiger partial charge >= 0.3 is 142 Å². The first kappa shape index (κ1) is 17.6. The van der Waals surface area contributed by atoms with Crippen LogP contribution in [0.2, 0.25) is 0 Å². The molecule has 0 aromatic heterocycles. The topological polar surface area (TPSA) is 84.6 Å². The van der Waals surface area contributed by atoms with Crippen molar-refractivity contribution in [3.8, 4) is 0 Å². The van der Waals surface area contributed by atoms with Gasteiger partial charge in [0.15, 0.2) is 0 Å². The molecule has 5 nitrogen and oxygen atoms in total. The summed E-state index contributed by atoms with van der Waals surface area (Å²) in [6.07, 6.45) is 0.620. The molecule has 23 heavy (non-hydrogen) atoms. The van der Waals surface area contributed by atoms with Crippen LogP contribution in [0.5, 0.6) is 0 Å². The number of amidine groups is 1. The number of aliphatic imine (C=N–C) groups is 1. The molecule has 0 aliphatic rings. The molecule has 0 saturated carbocycles. The Hall–Kier alpha value is -1.73. The number of hydrogen-bond acceptors (Lipinski definition) is 3. The Labute approximate surface area is 142 Å². The molecule has 0 fully saturated rings. The van der Waals surface area contributed by atoms with Crippen molar-refractivity contribution in [1.29, 1.82) is 0 Å². The summed E-state index contributed by atoms with van der Waals surface area (Å²) in [4.78, 5) is 4.35. The molecule has 0 aliphatic heterocycles. The van der Waals surface area contributed by atoms with Crippen molar-refractivity contribution in [2.24, 2.45) is 10.1 Å². The zero-order chi connectivity index (χ0) is 16.9. The first-order chi connectivity index (χ1) is 10.9. The Kier molecular flexibility index (Phi) is 5.90. The Morgan fingerprint density at radius 2 is 1.83 bits per heavy atom. The third kappa shape index (κ3) is 5.44. The fourth-order valence-electron chi connectivity index (χ4n) is 1.85. The van der Waals surface area contributed by atoms with Crippen molar-refractivity contribution in [3.63, 3.8) is 0 Å². The number of sulfonamides is 1. The predicted octanol–water partition coefficient (Wildman–Crippen LogP) is 1.65. The second-order valence-electron chi connectivity index (χ2n) is 4.73. The summed E-state index contributed by atoms with van der Waals surface area (Å²) in [6, 6.07) is 12.6. The molecule has 0 amide bonds. The van der Waals surface area contributed by atoms with Gasteiger partial charge in [-0.3, -0.25) is 0 Å². The maximum atomic E-state index is 13.5. The second-order valence-corrected chi connectivity index (χ2v) is 7.10. The van der Waals surface area contributed by atoms with Crippen LogP contribution in [-0.4, -0.2) is 35.7 Å². The number of primary sulfonamides is 1. The molecule has 8 heteroatoms. The van der Waals surface area contributed by atoms with Crippen molar-refractivity contribution in [1.82, 2.24) is 0 Å². The molecule has 0 heterocycles. The van der Waals surface area contributed by atoms with Gasteiger partial charge in [0.05, 0.1) is 0 Å². The number of para-hydroxylation sites is 1. The van der Waals surface area contributed by atoms with E-state index >= 15 is 0 Å². The fraction of sp³-hybridized carbons (Fsp3) is 0.133. The third-order valence-corrected chi connectivity index (χ3v) is 4.44. The number of nitrogens with zero attached hydrogens (tertiary/aromatic N) is 1. The van der Waals surface area contributed by atoms with Crippen LogP contribution >= 0.6 is 0 Å². The van der Waals surface area contributed by atoms with E-state index < -0.39 is 10.0 Å². The molecule has 0 atom stereocenters. The molecule has 0 saturated heterocycles. The summed E-state index contributed by atoms with van der Waals surface area (Å²) in [5.41, 5.74) is 1.28. The molecule has 2 aromatic carbocycles. The van der Waals surface area contributed by atoms with Gasteiger partial charge in [-0.1, -0.05) is 0 Å². The van der Waals surface area contributed by atoms with Gasteiger partial charge in [0, 0.05) is 0 Å². The summed E-state index contributed by atoms with van der Waals surface area (Å²) in [6.45, 7) is 0.471. The van der Waals surface area contributed by atoms with Crippen molar-refractivity contribution >= 4 is 36.5 Å². The van der Waals surface area contributed by atoms with Gasteiger partial charge in [0.2, 0.25) is 0 Å². The fourth-order valence-corrected chi connectivity index (χ4v) is 2.79. The average molecular weight is 399 g/mol. The van der Waals surface area contributed by atoms with Crippen LogP contribution in [-0.2, 0) is 16.4 Å². The van der Waals surface area contributed by atoms with Crippen molar-refractivity contribution in [2.75, 3.05) is 11.9 Å². The van der Waals surface area contributed by atoms with E-state index in [2.05, 4.69) is 26.3 Å². The van der Waals surface area contributed by atoms with Crippen molar-refractivity contribution in [2.45, 2.75) is 11.3 Å². The van der Waals surface area contributed by atoms with Crippen LogP contribution in [0.1, 0.15) is 5.56 Å². The quantitative estimate of drug-likeness (QED) is 0.456. The van der Waals surface area contributed by atoms with Gasteiger partial charge in [0.25, 0.3) is 0 Å². The van der Waals surface area contributed by atoms with Gasteiger partial charge in [-0.15, -0.1) is 0 Å². The predicted molar refractivity (Wildman–Crippen MR) is 89.6 cm³/mol. The van der Waals surface area contributed by atoms with Gasteiger partial charge < -0.3 is 0 Å². The maximum absolute atomic E-state index is 13.5. The first-order valence-electron chi connectivity index (χ1n) is 6.71. The molecular weight excluding hydrogens is 384 g/mol. The van der Waals surface area contributed by atoms with E-state index in [0.29, 0.717) is 23.4 Å². The molecule has 2 aromatic rings.